The van der Waals surface area contributed by atoms with Crippen LogP contribution in [0.2, 0.25) is 0 Å². The van der Waals surface area contributed by atoms with Crippen molar-refractivity contribution in [3.8, 4) is 0 Å². The molecule has 1 aromatic rings. The van der Waals surface area contributed by atoms with E-state index in [1.54, 1.807) is 0 Å². The number of piperazine rings is 1. The zero-order valence-electron chi connectivity index (χ0n) is 12.5. The van der Waals surface area contributed by atoms with Crippen LogP contribution < -0.4 is 5.32 Å². The van der Waals surface area contributed by atoms with Gasteiger partial charge in [-0.15, -0.1) is 0 Å². The van der Waals surface area contributed by atoms with Gasteiger partial charge in [0.15, 0.2) is 0 Å². The summed E-state index contributed by atoms with van der Waals surface area (Å²) in [5.41, 5.74) is 0.00944. The third-order valence-corrected chi connectivity index (χ3v) is 4.60. The van der Waals surface area contributed by atoms with Crippen molar-refractivity contribution in [1.29, 1.82) is 0 Å². The summed E-state index contributed by atoms with van der Waals surface area (Å²) < 4.78 is 47.2. The molecule has 0 aliphatic carbocycles. The van der Waals surface area contributed by atoms with E-state index in [2.05, 4.69) is 10.2 Å². The molecule has 2 aliphatic heterocycles. The van der Waals surface area contributed by atoms with Crippen LogP contribution in [-0.2, 0) is 4.74 Å². The van der Waals surface area contributed by atoms with Crippen LogP contribution in [0.5, 0.6) is 0 Å². The molecule has 2 fully saturated rings. The first-order valence-corrected chi connectivity index (χ1v) is 7.84. The summed E-state index contributed by atoms with van der Waals surface area (Å²) in [6.45, 7) is 4.28. The van der Waals surface area contributed by atoms with Gasteiger partial charge < -0.3 is 10.1 Å². The van der Waals surface area contributed by atoms with Gasteiger partial charge in [-0.25, -0.2) is 13.2 Å². The zero-order chi connectivity index (χ0) is 15.5. The summed E-state index contributed by atoms with van der Waals surface area (Å²) in [6.07, 6.45) is 1.54. The molecule has 6 heteroatoms. The minimum Gasteiger partial charge on any atom is -0.381 e. The molecule has 0 unspecified atom stereocenters. The van der Waals surface area contributed by atoms with Crippen LogP contribution in [0.3, 0.4) is 0 Å². The smallest absolute Gasteiger partial charge is 0.133 e. The van der Waals surface area contributed by atoms with Crippen molar-refractivity contribution in [3.05, 3.63) is 35.1 Å². The fourth-order valence-corrected chi connectivity index (χ4v) is 3.54. The van der Waals surface area contributed by atoms with Gasteiger partial charge in [0, 0.05) is 63.1 Å². The third-order valence-electron chi connectivity index (χ3n) is 4.60. The van der Waals surface area contributed by atoms with E-state index in [4.69, 9.17) is 4.74 Å². The van der Waals surface area contributed by atoms with Crippen LogP contribution in [-0.4, -0.2) is 44.3 Å². The van der Waals surface area contributed by atoms with Crippen molar-refractivity contribution >= 4 is 0 Å². The fourth-order valence-electron chi connectivity index (χ4n) is 3.54. The van der Waals surface area contributed by atoms with Gasteiger partial charge in [0.2, 0.25) is 0 Å². The van der Waals surface area contributed by atoms with Crippen molar-refractivity contribution in [1.82, 2.24) is 10.2 Å². The van der Waals surface area contributed by atoms with E-state index >= 15 is 0 Å². The Balaban J connectivity index is 1.96. The molecule has 0 saturated carbocycles. The van der Waals surface area contributed by atoms with Crippen LogP contribution in [0.4, 0.5) is 13.2 Å². The van der Waals surface area contributed by atoms with E-state index in [9.17, 15) is 13.2 Å². The molecule has 1 atom stereocenters. The molecule has 1 N–H and O–H groups in total. The van der Waals surface area contributed by atoms with Gasteiger partial charge >= 0.3 is 0 Å². The summed E-state index contributed by atoms with van der Waals surface area (Å²) in [5, 5.41) is 3.25. The summed E-state index contributed by atoms with van der Waals surface area (Å²) >= 11 is 0. The molecule has 2 aliphatic rings. The maximum absolute atomic E-state index is 14.3. The van der Waals surface area contributed by atoms with Gasteiger partial charge in [-0.1, -0.05) is 0 Å². The lowest BCUT2D eigenvalue weighted by Gasteiger charge is -2.41. The minimum absolute atomic E-state index is 0.00944. The lowest BCUT2D eigenvalue weighted by molar-refractivity contribution is 0.0191. The van der Waals surface area contributed by atoms with Gasteiger partial charge in [0.25, 0.3) is 0 Å². The highest BCUT2D eigenvalue weighted by molar-refractivity contribution is 5.25. The van der Waals surface area contributed by atoms with Gasteiger partial charge in [-0.3, -0.25) is 4.90 Å². The predicted molar refractivity (Wildman–Crippen MR) is 77.0 cm³/mol. The molecule has 0 aromatic heterocycles. The Labute approximate surface area is 128 Å². The number of nitrogens with zero attached hydrogens (tertiary/aromatic N) is 1. The molecule has 0 bridgehead atoms. The third kappa shape index (κ3) is 3.29. The molecule has 2 heterocycles. The second-order valence-corrected chi connectivity index (χ2v) is 5.96. The Morgan fingerprint density at radius 3 is 2.23 bits per heavy atom. The maximum atomic E-state index is 14.3. The molecule has 0 spiro atoms. The fraction of sp³-hybridized carbons (Fsp3) is 0.625. The summed E-state index contributed by atoms with van der Waals surface area (Å²) in [4.78, 5) is 2.12. The van der Waals surface area contributed by atoms with E-state index < -0.39 is 17.5 Å². The Morgan fingerprint density at radius 2 is 1.64 bits per heavy atom. The maximum Gasteiger partial charge on any atom is 0.133 e. The largest absolute Gasteiger partial charge is 0.381 e. The van der Waals surface area contributed by atoms with Gasteiger partial charge in [0.05, 0.1) is 0 Å². The van der Waals surface area contributed by atoms with Crippen molar-refractivity contribution in [2.45, 2.75) is 18.9 Å². The van der Waals surface area contributed by atoms with Crippen LogP contribution >= 0.6 is 0 Å². The molecule has 2 saturated heterocycles. The average molecular weight is 314 g/mol. The van der Waals surface area contributed by atoms with E-state index in [-0.39, 0.29) is 17.5 Å². The highest BCUT2D eigenvalue weighted by atomic mass is 19.1. The average Bonchev–Trinajstić information content (AvgIpc) is 2.52. The molecule has 0 amide bonds. The van der Waals surface area contributed by atoms with Gasteiger partial charge in [-0.05, 0) is 18.8 Å². The molecule has 122 valence electrons. The van der Waals surface area contributed by atoms with Crippen molar-refractivity contribution in [2.75, 3.05) is 39.4 Å². The molecule has 3 rings (SSSR count). The molecule has 1 aromatic carbocycles. The Hall–Kier alpha value is -1.11. The van der Waals surface area contributed by atoms with Crippen molar-refractivity contribution in [2.24, 2.45) is 5.92 Å². The SMILES string of the molecule is Fc1cc(F)c([C@@H](C2CCOCC2)N2CCNCC2)c(F)c1. The molecule has 3 nitrogen and oxygen atoms in total. The quantitative estimate of drug-likeness (QED) is 0.928. The molecular weight excluding hydrogens is 293 g/mol. The van der Waals surface area contributed by atoms with Crippen molar-refractivity contribution in [3.63, 3.8) is 0 Å². The highest BCUT2D eigenvalue weighted by Gasteiger charge is 2.35. The Morgan fingerprint density at radius 1 is 1.05 bits per heavy atom. The first kappa shape index (κ1) is 15.8. The normalized spacial score (nSPS) is 22.7. The second-order valence-electron chi connectivity index (χ2n) is 5.96. The Kier molecular flexibility index (Phi) is 5.00. The molecule has 0 radical (unpaired) electrons. The number of benzene rings is 1. The summed E-state index contributed by atoms with van der Waals surface area (Å²) in [6, 6.07) is 1.21. The van der Waals surface area contributed by atoms with Gasteiger partial charge in [0.1, 0.15) is 17.5 Å². The number of nitrogens with one attached hydrogen (secondary N) is 1. The highest BCUT2D eigenvalue weighted by Crippen LogP contribution is 2.38. The van der Waals surface area contributed by atoms with E-state index in [1.807, 2.05) is 0 Å². The summed E-state index contributed by atoms with van der Waals surface area (Å²) in [5.74, 6) is -2.31. The number of hydrogen-bond donors (Lipinski definition) is 1. The lowest BCUT2D eigenvalue weighted by atomic mass is 9.85. The number of rotatable bonds is 3. The van der Waals surface area contributed by atoms with Crippen molar-refractivity contribution < 1.29 is 17.9 Å². The Bertz CT molecular complexity index is 473. The lowest BCUT2D eigenvalue weighted by Crippen LogP contribution is -2.48. The summed E-state index contributed by atoms with van der Waals surface area (Å²) in [7, 11) is 0. The van der Waals surface area contributed by atoms with Crippen LogP contribution in [0.15, 0.2) is 12.1 Å². The van der Waals surface area contributed by atoms with E-state index in [0.29, 0.717) is 13.2 Å². The number of halogens is 3. The standard InChI is InChI=1S/C16H21F3N2O/c17-12-9-13(18)15(14(19)10-12)16(11-1-7-22-8-2-11)21-5-3-20-4-6-21/h9-11,16,20H,1-8H2/t16-/m1/s1. The first-order chi connectivity index (χ1) is 10.7. The van der Waals surface area contributed by atoms with Crippen LogP contribution in [0.1, 0.15) is 24.4 Å². The minimum atomic E-state index is -0.871. The second kappa shape index (κ2) is 6.98. The molecule has 22 heavy (non-hydrogen) atoms. The zero-order valence-corrected chi connectivity index (χ0v) is 12.5. The number of hydrogen-bond acceptors (Lipinski definition) is 3. The van der Waals surface area contributed by atoms with E-state index in [1.165, 1.54) is 0 Å². The molecular formula is C16H21F3N2O. The topological polar surface area (TPSA) is 24.5 Å². The first-order valence-electron chi connectivity index (χ1n) is 7.84. The van der Waals surface area contributed by atoms with E-state index in [0.717, 1.165) is 51.2 Å². The predicted octanol–water partition coefficient (Wildman–Crippen LogP) is 2.48. The van der Waals surface area contributed by atoms with Gasteiger partial charge in [-0.2, -0.15) is 0 Å². The van der Waals surface area contributed by atoms with Crippen LogP contribution in [0.25, 0.3) is 0 Å². The monoisotopic (exact) mass is 314 g/mol. The number of ether oxygens (including phenoxy) is 1. The van der Waals surface area contributed by atoms with Crippen LogP contribution in [0, 0.1) is 23.4 Å².